The fourth-order valence-corrected chi connectivity index (χ4v) is 2.57. The Labute approximate surface area is 128 Å². The lowest BCUT2D eigenvalue weighted by molar-refractivity contribution is 0.110. The van der Waals surface area contributed by atoms with Gasteiger partial charge >= 0.3 is 0 Å². The van der Waals surface area contributed by atoms with Crippen molar-refractivity contribution in [2.75, 3.05) is 26.9 Å². The molecule has 0 unspecified atom stereocenters. The van der Waals surface area contributed by atoms with Crippen LogP contribution in [0.3, 0.4) is 0 Å². The fourth-order valence-electron chi connectivity index (χ4n) is 2.57. The summed E-state index contributed by atoms with van der Waals surface area (Å²) in [7, 11) is 1.73. The predicted molar refractivity (Wildman–Crippen MR) is 85.9 cm³/mol. The molecule has 0 atom stereocenters. The number of hydrogen-bond donors (Lipinski definition) is 1. The van der Waals surface area contributed by atoms with Crippen LogP contribution in [-0.4, -0.2) is 42.9 Å². The summed E-state index contributed by atoms with van der Waals surface area (Å²) in [5, 5.41) is 9.78. The number of nitrogens with zero attached hydrogens (tertiary/aromatic N) is 1. The van der Waals surface area contributed by atoms with Gasteiger partial charge in [-0.2, -0.15) is 0 Å². The van der Waals surface area contributed by atoms with Gasteiger partial charge in [-0.05, 0) is 37.5 Å². The van der Waals surface area contributed by atoms with E-state index in [1.807, 2.05) is 19.1 Å². The van der Waals surface area contributed by atoms with Crippen molar-refractivity contribution < 1.29 is 14.6 Å². The quantitative estimate of drug-likeness (QED) is 0.718. The molecule has 1 aromatic carbocycles. The first-order chi connectivity index (χ1) is 10.2. The van der Waals surface area contributed by atoms with Crippen molar-refractivity contribution in [3.63, 3.8) is 0 Å². The Kier molecular flexibility index (Phi) is 8.16. The molecule has 0 aliphatic rings. The number of phenolic OH excluding ortho intramolecular Hbond substituents is 1. The molecular weight excluding hydrogens is 266 g/mol. The van der Waals surface area contributed by atoms with E-state index < -0.39 is 0 Å². The number of methoxy groups -OCH3 is 1. The molecule has 1 rings (SSSR count). The number of phenols is 1. The van der Waals surface area contributed by atoms with Gasteiger partial charge in [-0.25, -0.2) is 0 Å². The number of ether oxygens (including phenoxy) is 2. The highest BCUT2D eigenvalue weighted by atomic mass is 16.5. The summed E-state index contributed by atoms with van der Waals surface area (Å²) in [5.41, 5.74) is 1.15. The van der Waals surface area contributed by atoms with Crippen molar-refractivity contribution in [3.05, 3.63) is 23.8 Å². The largest absolute Gasteiger partial charge is 0.504 e. The zero-order chi connectivity index (χ0) is 15.7. The zero-order valence-corrected chi connectivity index (χ0v) is 13.8. The minimum Gasteiger partial charge on any atom is -0.504 e. The van der Waals surface area contributed by atoms with E-state index in [0.29, 0.717) is 18.4 Å². The van der Waals surface area contributed by atoms with Crippen LogP contribution in [0.15, 0.2) is 18.2 Å². The highest BCUT2D eigenvalue weighted by molar-refractivity contribution is 5.41. The molecule has 0 saturated carbocycles. The van der Waals surface area contributed by atoms with Gasteiger partial charge in [-0.1, -0.05) is 19.9 Å². The van der Waals surface area contributed by atoms with Crippen LogP contribution in [0.2, 0.25) is 0 Å². The van der Waals surface area contributed by atoms with Gasteiger partial charge in [0.1, 0.15) is 0 Å². The van der Waals surface area contributed by atoms with Crippen LogP contribution in [0, 0.1) is 0 Å². The summed E-state index contributed by atoms with van der Waals surface area (Å²) in [6.07, 6.45) is 2.24. The molecule has 1 aromatic rings. The van der Waals surface area contributed by atoms with E-state index in [-0.39, 0.29) is 5.75 Å². The minimum absolute atomic E-state index is 0.201. The van der Waals surface area contributed by atoms with E-state index in [1.165, 1.54) is 0 Å². The average Bonchev–Trinajstić information content (AvgIpc) is 2.49. The molecule has 21 heavy (non-hydrogen) atoms. The Hall–Kier alpha value is -1.26. The summed E-state index contributed by atoms with van der Waals surface area (Å²) in [5.74, 6) is 0.762. The average molecular weight is 295 g/mol. The van der Waals surface area contributed by atoms with E-state index in [2.05, 4.69) is 18.7 Å². The lowest BCUT2D eigenvalue weighted by atomic mass is 10.1. The normalized spacial score (nSPS) is 11.3. The first-order valence-electron chi connectivity index (χ1n) is 7.83. The van der Waals surface area contributed by atoms with Gasteiger partial charge in [0.05, 0.1) is 13.2 Å². The summed E-state index contributed by atoms with van der Waals surface area (Å²) in [6.45, 7) is 9.39. The second-order valence-electron chi connectivity index (χ2n) is 5.17. The van der Waals surface area contributed by atoms with E-state index in [9.17, 15) is 5.11 Å². The monoisotopic (exact) mass is 295 g/mol. The van der Waals surface area contributed by atoms with Gasteiger partial charge in [0.15, 0.2) is 11.5 Å². The van der Waals surface area contributed by atoms with E-state index >= 15 is 0 Å². The molecule has 0 radical (unpaired) electrons. The van der Waals surface area contributed by atoms with Crippen molar-refractivity contribution in [1.29, 1.82) is 0 Å². The maximum Gasteiger partial charge on any atom is 0.161 e. The lowest BCUT2D eigenvalue weighted by Gasteiger charge is -2.30. The molecule has 4 heteroatoms. The third-order valence-corrected chi connectivity index (χ3v) is 3.75. The summed E-state index contributed by atoms with van der Waals surface area (Å²) >= 11 is 0. The van der Waals surface area contributed by atoms with E-state index in [1.54, 1.807) is 13.2 Å². The zero-order valence-electron chi connectivity index (χ0n) is 13.8. The second-order valence-corrected chi connectivity index (χ2v) is 5.17. The highest BCUT2D eigenvalue weighted by Crippen LogP contribution is 2.27. The standard InChI is InChI=1S/C17H29NO3/c1-5-15(6-2)18(10-11-20-4)13-14-8-9-16(19)17(12-14)21-7-3/h8-9,12,15,19H,5-7,10-11,13H2,1-4H3. The van der Waals surface area contributed by atoms with Crippen LogP contribution < -0.4 is 4.74 Å². The molecule has 120 valence electrons. The summed E-state index contributed by atoms with van der Waals surface area (Å²) < 4.78 is 10.7. The lowest BCUT2D eigenvalue weighted by Crippen LogP contribution is -2.36. The first kappa shape index (κ1) is 17.8. The van der Waals surface area contributed by atoms with Gasteiger partial charge in [-0.15, -0.1) is 0 Å². The molecule has 0 aliphatic carbocycles. The van der Waals surface area contributed by atoms with Gasteiger partial charge in [0.2, 0.25) is 0 Å². The summed E-state index contributed by atoms with van der Waals surface area (Å²) in [6, 6.07) is 6.15. The molecule has 4 nitrogen and oxygen atoms in total. The highest BCUT2D eigenvalue weighted by Gasteiger charge is 2.16. The fraction of sp³-hybridized carbons (Fsp3) is 0.647. The molecule has 0 heterocycles. The van der Waals surface area contributed by atoms with Crippen LogP contribution in [0.5, 0.6) is 11.5 Å². The number of hydrogen-bond acceptors (Lipinski definition) is 4. The van der Waals surface area contributed by atoms with Crippen LogP contribution in [-0.2, 0) is 11.3 Å². The Bertz CT molecular complexity index is 405. The number of benzene rings is 1. The van der Waals surface area contributed by atoms with Crippen molar-refractivity contribution in [2.24, 2.45) is 0 Å². The van der Waals surface area contributed by atoms with Gasteiger partial charge in [0.25, 0.3) is 0 Å². The van der Waals surface area contributed by atoms with Crippen LogP contribution >= 0.6 is 0 Å². The molecular formula is C17H29NO3. The van der Waals surface area contributed by atoms with Crippen LogP contribution in [0.1, 0.15) is 39.2 Å². The van der Waals surface area contributed by atoms with Crippen LogP contribution in [0.25, 0.3) is 0 Å². The molecule has 0 spiro atoms. The molecule has 0 fully saturated rings. The topological polar surface area (TPSA) is 41.9 Å². The first-order valence-corrected chi connectivity index (χ1v) is 7.83. The van der Waals surface area contributed by atoms with Crippen molar-refractivity contribution in [3.8, 4) is 11.5 Å². The van der Waals surface area contributed by atoms with Crippen LogP contribution in [0.4, 0.5) is 0 Å². The van der Waals surface area contributed by atoms with Crippen molar-refractivity contribution >= 4 is 0 Å². The van der Waals surface area contributed by atoms with Gasteiger partial charge in [-0.3, -0.25) is 4.90 Å². The predicted octanol–water partition coefficient (Wildman–Crippen LogP) is 3.43. The molecule has 0 bridgehead atoms. The number of rotatable bonds is 10. The molecule has 0 amide bonds. The minimum atomic E-state index is 0.201. The third kappa shape index (κ3) is 5.56. The maximum absolute atomic E-state index is 9.78. The molecule has 0 saturated heterocycles. The third-order valence-electron chi connectivity index (χ3n) is 3.75. The SMILES string of the molecule is CCOc1cc(CN(CCOC)C(CC)CC)ccc1O. The Morgan fingerprint density at radius 1 is 1.19 bits per heavy atom. The summed E-state index contributed by atoms with van der Waals surface area (Å²) in [4.78, 5) is 2.44. The Morgan fingerprint density at radius 3 is 2.48 bits per heavy atom. The van der Waals surface area contributed by atoms with Crippen molar-refractivity contribution in [1.82, 2.24) is 4.90 Å². The van der Waals surface area contributed by atoms with Gasteiger partial charge < -0.3 is 14.6 Å². The Balaban J connectivity index is 2.83. The molecule has 1 N–H and O–H groups in total. The maximum atomic E-state index is 9.78. The smallest absolute Gasteiger partial charge is 0.161 e. The van der Waals surface area contributed by atoms with Gasteiger partial charge in [0, 0.05) is 26.2 Å². The van der Waals surface area contributed by atoms with E-state index in [4.69, 9.17) is 9.47 Å². The molecule has 0 aliphatic heterocycles. The molecule has 0 aromatic heterocycles. The second kappa shape index (κ2) is 9.64. The van der Waals surface area contributed by atoms with Crippen molar-refractivity contribution in [2.45, 2.75) is 46.2 Å². The van der Waals surface area contributed by atoms with E-state index in [0.717, 1.165) is 38.1 Å². The number of aromatic hydroxyl groups is 1. The Morgan fingerprint density at radius 2 is 1.90 bits per heavy atom.